The maximum Gasteiger partial charge on any atom is 0.254 e. The molecule has 0 radical (unpaired) electrons. The smallest absolute Gasteiger partial charge is 0.254 e. The standard InChI is InChI=1S/C17H19N3O5S/c21-13-19-6-8-20(9-7-19)17(22)14-3-1-5-16(11-14)26(23,24)18-12-15-4-2-10-25-15/h1-5,10-11,13,18H,6-9,12H2. The van der Waals surface area contributed by atoms with Crippen LogP contribution in [0.5, 0.6) is 0 Å². The summed E-state index contributed by atoms with van der Waals surface area (Å²) in [6.45, 7) is 1.81. The molecule has 0 unspecified atom stereocenters. The molecular formula is C17H19N3O5S. The van der Waals surface area contributed by atoms with E-state index >= 15 is 0 Å². The molecule has 2 aromatic rings. The van der Waals surface area contributed by atoms with Gasteiger partial charge in [0.2, 0.25) is 16.4 Å². The number of furan rings is 1. The molecule has 1 saturated heterocycles. The Morgan fingerprint density at radius 2 is 1.92 bits per heavy atom. The summed E-state index contributed by atoms with van der Waals surface area (Å²) in [5.74, 6) is 0.243. The average Bonchev–Trinajstić information content (AvgIpc) is 3.20. The Morgan fingerprint density at radius 1 is 1.15 bits per heavy atom. The van der Waals surface area contributed by atoms with Crippen LogP contribution in [0.25, 0.3) is 0 Å². The molecule has 8 nitrogen and oxygen atoms in total. The number of nitrogens with zero attached hydrogens (tertiary/aromatic N) is 2. The van der Waals surface area contributed by atoms with Crippen LogP contribution in [0.2, 0.25) is 0 Å². The van der Waals surface area contributed by atoms with Crippen molar-refractivity contribution in [1.29, 1.82) is 0 Å². The van der Waals surface area contributed by atoms with Crippen LogP contribution >= 0.6 is 0 Å². The third kappa shape index (κ3) is 4.12. The molecule has 2 amide bonds. The van der Waals surface area contributed by atoms with E-state index in [-0.39, 0.29) is 17.3 Å². The van der Waals surface area contributed by atoms with E-state index in [1.54, 1.807) is 28.0 Å². The Morgan fingerprint density at radius 3 is 2.58 bits per heavy atom. The Balaban J connectivity index is 1.71. The van der Waals surface area contributed by atoms with Crippen molar-refractivity contribution in [3.8, 4) is 0 Å². The van der Waals surface area contributed by atoms with E-state index in [1.807, 2.05) is 0 Å². The number of nitrogens with one attached hydrogen (secondary N) is 1. The molecule has 1 aromatic heterocycles. The van der Waals surface area contributed by atoms with Crippen LogP contribution in [0.4, 0.5) is 0 Å². The molecule has 3 rings (SSSR count). The Bertz CT molecular complexity index is 872. The first-order chi connectivity index (χ1) is 12.5. The molecule has 26 heavy (non-hydrogen) atoms. The molecule has 0 aliphatic carbocycles. The van der Waals surface area contributed by atoms with Gasteiger partial charge in [-0.15, -0.1) is 0 Å². The van der Waals surface area contributed by atoms with Gasteiger partial charge in [-0.05, 0) is 30.3 Å². The minimum atomic E-state index is -3.77. The van der Waals surface area contributed by atoms with Crippen molar-refractivity contribution < 1.29 is 22.4 Å². The Kier molecular flexibility index (Phi) is 5.38. The maximum absolute atomic E-state index is 12.6. The van der Waals surface area contributed by atoms with Crippen molar-refractivity contribution in [3.05, 3.63) is 54.0 Å². The van der Waals surface area contributed by atoms with Crippen LogP contribution in [-0.4, -0.2) is 56.7 Å². The highest BCUT2D eigenvalue weighted by atomic mass is 32.2. The van der Waals surface area contributed by atoms with Gasteiger partial charge in [0.05, 0.1) is 17.7 Å². The van der Waals surface area contributed by atoms with E-state index in [0.29, 0.717) is 37.5 Å². The van der Waals surface area contributed by atoms with Crippen LogP contribution in [0.3, 0.4) is 0 Å². The minimum absolute atomic E-state index is 0.0152. The van der Waals surface area contributed by atoms with Crippen molar-refractivity contribution in [1.82, 2.24) is 14.5 Å². The summed E-state index contributed by atoms with van der Waals surface area (Å²) in [6, 6.07) is 9.26. The summed E-state index contributed by atoms with van der Waals surface area (Å²) >= 11 is 0. The van der Waals surface area contributed by atoms with Gasteiger partial charge in [-0.3, -0.25) is 9.59 Å². The summed E-state index contributed by atoms with van der Waals surface area (Å²) in [4.78, 5) is 26.6. The number of carbonyl (C=O) groups excluding carboxylic acids is 2. The topological polar surface area (TPSA) is 99.9 Å². The van der Waals surface area contributed by atoms with Gasteiger partial charge in [0, 0.05) is 31.7 Å². The predicted octanol–water partition coefficient (Wildman–Crippen LogP) is 0.672. The van der Waals surface area contributed by atoms with Crippen molar-refractivity contribution in [2.45, 2.75) is 11.4 Å². The first kappa shape index (κ1) is 18.2. The number of amides is 2. The molecular weight excluding hydrogens is 358 g/mol. The second-order valence-electron chi connectivity index (χ2n) is 5.87. The number of carbonyl (C=O) groups is 2. The van der Waals surface area contributed by atoms with E-state index in [1.165, 1.54) is 24.5 Å². The highest BCUT2D eigenvalue weighted by Gasteiger charge is 2.23. The molecule has 1 N–H and O–H groups in total. The first-order valence-corrected chi connectivity index (χ1v) is 9.58. The van der Waals surface area contributed by atoms with Crippen LogP contribution in [0, 0.1) is 0 Å². The molecule has 2 heterocycles. The number of sulfonamides is 1. The zero-order valence-corrected chi connectivity index (χ0v) is 14.8. The number of benzene rings is 1. The third-order valence-corrected chi connectivity index (χ3v) is 5.56. The second-order valence-corrected chi connectivity index (χ2v) is 7.63. The summed E-state index contributed by atoms with van der Waals surface area (Å²) in [6.07, 6.45) is 2.23. The fourth-order valence-corrected chi connectivity index (χ4v) is 3.71. The SMILES string of the molecule is O=CN1CCN(C(=O)c2cccc(S(=O)(=O)NCc3ccco3)c2)CC1. The molecule has 0 saturated carbocycles. The fraction of sp³-hybridized carbons (Fsp3) is 0.294. The van der Waals surface area contributed by atoms with Gasteiger partial charge in [-0.2, -0.15) is 0 Å². The van der Waals surface area contributed by atoms with Gasteiger partial charge >= 0.3 is 0 Å². The van der Waals surface area contributed by atoms with Crippen molar-refractivity contribution in [2.75, 3.05) is 26.2 Å². The normalized spacial score (nSPS) is 15.1. The Labute approximate surface area is 151 Å². The van der Waals surface area contributed by atoms with E-state index in [2.05, 4.69) is 4.72 Å². The summed E-state index contributed by atoms with van der Waals surface area (Å²) in [7, 11) is -3.77. The van der Waals surface area contributed by atoms with Crippen LogP contribution < -0.4 is 4.72 Å². The fourth-order valence-electron chi connectivity index (χ4n) is 2.67. The van der Waals surface area contributed by atoms with Crippen molar-refractivity contribution in [3.63, 3.8) is 0 Å². The highest BCUT2D eigenvalue weighted by Crippen LogP contribution is 2.15. The van der Waals surface area contributed by atoms with Crippen LogP contribution in [-0.2, 0) is 21.4 Å². The van der Waals surface area contributed by atoms with Gasteiger partial charge in [0.1, 0.15) is 5.76 Å². The molecule has 0 atom stereocenters. The molecule has 1 aliphatic heterocycles. The molecule has 1 fully saturated rings. The molecule has 138 valence electrons. The zero-order chi connectivity index (χ0) is 18.6. The molecule has 1 aliphatic rings. The summed E-state index contributed by atoms with van der Waals surface area (Å²) < 4.78 is 32.4. The lowest BCUT2D eigenvalue weighted by atomic mass is 10.2. The largest absolute Gasteiger partial charge is 0.468 e. The minimum Gasteiger partial charge on any atom is -0.468 e. The molecule has 1 aromatic carbocycles. The number of rotatable bonds is 6. The second kappa shape index (κ2) is 7.71. The summed E-state index contributed by atoms with van der Waals surface area (Å²) in [5.41, 5.74) is 0.297. The molecule has 9 heteroatoms. The number of hydrogen-bond acceptors (Lipinski definition) is 5. The third-order valence-electron chi connectivity index (χ3n) is 4.16. The molecule has 0 spiro atoms. The monoisotopic (exact) mass is 377 g/mol. The van der Waals surface area contributed by atoms with Gasteiger partial charge in [-0.25, -0.2) is 13.1 Å². The average molecular weight is 377 g/mol. The van der Waals surface area contributed by atoms with Gasteiger partial charge in [-0.1, -0.05) is 6.07 Å². The van der Waals surface area contributed by atoms with Crippen LogP contribution in [0.1, 0.15) is 16.1 Å². The number of hydrogen-bond donors (Lipinski definition) is 1. The van der Waals surface area contributed by atoms with Gasteiger partial charge in [0.25, 0.3) is 5.91 Å². The van der Waals surface area contributed by atoms with E-state index in [9.17, 15) is 18.0 Å². The summed E-state index contributed by atoms with van der Waals surface area (Å²) in [5, 5.41) is 0. The molecule has 0 bridgehead atoms. The zero-order valence-electron chi connectivity index (χ0n) is 14.0. The van der Waals surface area contributed by atoms with E-state index < -0.39 is 10.0 Å². The van der Waals surface area contributed by atoms with E-state index in [0.717, 1.165) is 6.41 Å². The first-order valence-electron chi connectivity index (χ1n) is 8.10. The number of piperazine rings is 1. The maximum atomic E-state index is 12.6. The Hall–Kier alpha value is -2.65. The van der Waals surface area contributed by atoms with E-state index in [4.69, 9.17) is 4.42 Å². The lowest BCUT2D eigenvalue weighted by molar-refractivity contribution is -0.119. The quantitative estimate of drug-likeness (QED) is 0.746. The van der Waals surface area contributed by atoms with Crippen molar-refractivity contribution in [2.24, 2.45) is 0 Å². The van der Waals surface area contributed by atoms with Crippen LogP contribution in [0.15, 0.2) is 52.0 Å². The predicted molar refractivity (Wildman–Crippen MR) is 92.7 cm³/mol. The lowest BCUT2D eigenvalue weighted by Gasteiger charge is -2.32. The van der Waals surface area contributed by atoms with Gasteiger partial charge in [0.15, 0.2) is 0 Å². The van der Waals surface area contributed by atoms with Crippen molar-refractivity contribution >= 4 is 22.3 Å². The van der Waals surface area contributed by atoms with Gasteiger partial charge < -0.3 is 14.2 Å². The lowest BCUT2D eigenvalue weighted by Crippen LogP contribution is -2.48. The highest BCUT2D eigenvalue weighted by molar-refractivity contribution is 7.89.